The van der Waals surface area contributed by atoms with Crippen LogP contribution in [0.15, 0.2) is 18.2 Å². The Morgan fingerprint density at radius 3 is 2.12 bits per heavy atom. The SMILES string of the molecule is CCCC(C)(CBr)Cc1cc(C)cc(C)c1. The van der Waals surface area contributed by atoms with Crippen LogP contribution < -0.4 is 0 Å². The van der Waals surface area contributed by atoms with Gasteiger partial charge in [0, 0.05) is 5.33 Å². The Hall–Kier alpha value is -0.300. The van der Waals surface area contributed by atoms with Crippen LogP contribution >= 0.6 is 15.9 Å². The first-order valence-electron chi connectivity index (χ1n) is 6.12. The van der Waals surface area contributed by atoms with E-state index >= 15 is 0 Å². The maximum atomic E-state index is 3.67. The van der Waals surface area contributed by atoms with Crippen molar-refractivity contribution < 1.29 is 0 Å². The minimum absolute atomic E-state index is 0.398. The molecule has 1 heteroatoms. The van der Waals surface area contributed by atoms with Gasteiger partial charge in [-0.25, -0.2) is 0 Å². The molecule has 0 bridgehead atoms. The van der Waals surface area contributed by atoms with E-state index in [0.29, 0.717) is 5.41 Å². The Morgan fingerprint density at radius 1 is 1.12 bits per heavy atom. The molecule has 0 fully saturated rings. The summed E-state index contributed by atoms with van der Waals surface area (Å²) >= 11 is 3.67. The smallest absolute Gasteiger partial charge is 0.00885 e. The molecule has 0 saturated carbocycles. The lowest BCUT2D eigenvalue weighted by Gasteiger charge is -2.27. The maximum Gasteiger partial charge on any atom is 0.00885 e. The lowest BCUT2D eigenvalue weighted by Crippen LogP contribution is -2.21. The molecule has 1 atom stereocenters. The van der Waals surface area contributed by atoms with Crippen LogP contribution in [0.2, 0.25) is 0 Å². The van der Waals surface area contributed by atoms with Gasteiger partial charge in [-0.15, -0.1) is 0 Å². The van der Waals surface area contributed by atoms with Crippen molar-refractivity contribution in [1.82, 2.24) is 0 Å². The van der Waals surface area contributed by atoms with Gasteiger partial charge in [-0.3, -0.25) is 0 Å². The summed E-state index contributed by atoms with van der Waals surface area (Å²) in [6.07, 6.45) is 3.72. The molecule has 1 rings (SSSR count). The van der Waals surface area contributed by atoms with Gasteiger partial charge >= 0.3 is 0 Å². The molecule has 0 amide bonds. The highest BCUT2D eigenvalue weighted by Gasteiger charge is 2.22. The van der Waals surface area contributed by atoms with E-state index in [2.05, 4.69) is 61.8 Å². The summed E-state index contributed by atoms with van der Waals surface area (Å²) in [5.74, 6) is 0. The number of hydrogen-bond acceptors (Lipinski definition) is 0. The fraction of sp³-hybridized carbons (Fsp3) is 0.600. The Labute approximate surface area is 109 Å². The summed E-state index contributed by atoms with van der Waals surface area (Å²) < 4.78 is 0. The molecule has 1 aromatic carbocycles. The molecule has 0 saturated heterocycles. The van der Waals surface area contributed by atoms with Gasteiger partial charge in [-0.1, -0.05) is 65.5 Å². The van der Waals surface area contributed by atoms with Crippen LogP contribution in [0.25, 0.3) is 0 Å². The standard InChI is InChI=1S/C15H23Br/c1-5-6-15(4,11-16)10-14-8-12(2)7-13(3)9-14/h7-9H,5-6,10-11H2,1-4H3. The molecule has 1 unspecified atom stereocenters. The molecule has 0 heterocycles. The molecular formula is C15H23Br. The van der Waals surface area contributed by atoms with Crippen molar-refractivity contribution in [3.05, 3.63) is 34.9 Å². The van der Waals surface area contributed by atoms with E-state index in [1.807, 2.05) is 0 Å². The average molecular weight is 283 g/mol. The first-order chi connectivity index (χ1) is 7.49. The Bertz CT molecular complexity index is 323. The van der Waals surface area contributed by atoms with Crippen LogP contribution in [-0.4, -0.2) is 5.33 Å². The fourth-order valence-corrected chi connectivity index (χ4v) is 2.95. The topological polar surface area (TPSA) is 0 Å². The average Bonchev–Trinajstić information content (AvgIpc) is 2.16. The van der Waals surface area contributed by atoms with Crippen molar-refractivity contribution in [3.63, 3.8) is 0 Å². The zero-order valence-corrected chi connectivity index (χ0v) is 12.5. The van der Waals surface area contributed by atoms with Crippen LogP contribution in [0.4, 0.5) is 0 Å². The highest BCUT2D eigenvalue weighted by molar-refractivity contribution is 9.09. The van der Waals surface area contributed by atoms with E-state index in [1.54, 1.807) is 0 Å². The van der Waals surface area contributed by atoms with Crippen LogP contribution in [-0.2, 0) is 6.42 Å². The molecule has 1 aromatic rings. The van der Waals surface area contributed by atoms with Crippen molar-refractivity contribution in [3.8, 4) is 0 Å². The summed E-state index contributed by atoms with van der Waals surface area (Å²) in [4.78, 5) is 0. The van der Waals surface area contributed by atoms with Gasteiger partial charge in [0.15, 0.2) is 0 Å². The van der Waals surface area contributed by atoms with Crippen LogP contribution in [0.3, 0.4) is 0 Å². The first-order valence-corrected chi connectivity index (χ1v) is 7.24. The normalized spacial score (nSPS) is 14.8. The molecule has 0 nitrogen and oxygen atoms in total. The van der Waals surface area contributed by atoms with E-state index in [9.17, 15) is 0 Å². The van der Waals surface area contributed by atoms with Crippen LogP contribution in [0.1, 0.15) is 43.4 Å². The Morgan fingerprint density at radius 2 is 1.69 bits per heavy atom. The minimum atomic E-state index is 0.398. The number of rotatable bonds is 5. The van der Waals surface area contributed by atoms with Crippen molar-refractivity contribution in [2.45, 2.75) is 47.0 Å². The molecule has 0 aliphatic rings. The second-order valence-corrected chi connectivity index (χ2v) is 5.93. The number of benzene rings is 1. The second-order valence-electron chi connectivity index (χ2n) is 5.37. The molecule has 0 N–H and O–H groups in total. The van der Waals surface area contributed by atoms with E-state index in [0.717, 1.165) is 5.33 Å². The van der Waals surface area contributed by atoms with E-state index in [1.165, 1.54) is 36.0 Å². The Balaban J connectivity index is 2.85. The second kappa shape index (κ2) is 5.86. The molecule has 16 heavy (non-hydrogen) atoms. The Kier molecular flexibility index (Phi) is 5.04. The van der Waals surface area contributed by atoms with Gasteiger partial charge in [0.05, 0.1) is 0 Å². The third-order valence-electron chi connectivity index (χ3n) is 3.09. The lowest BCUT2D eigenvalue weighted by atomic mass is 9.81. The minimum Gasteiger partial charge on any atom is -0.0922 e. The molecule has 0 aliphatic heterocycles. The van der Waals surface area contributed by atoms with Gasteiger partial charge in [-0.05, 0) is 37.7 Å². The summed E-state index contributed by atoms with van der Waals surface area (Å²) in [7, 11) is 0. The predicted molar refractivity (Wildman–Crippen MR) is 76.4 cm³/mol. The highest BCUT2D eigenvalue weighted by atomic mass is 79.9. The monoisotopic (exact) mass is 282 g/mol. The van der Waals surface area contributed by atoms with Gasteiger partial charge in [0.1, 0.15) is 0 Å². The van der Waals surface area contributed by atoms with Gasteiger partial charge in [-0.2, -0.15) is 0 Å². The van der Waals surface area contributed by atoms with Crippen molar-refractivity contribution in [2.24, 2.45) is 5.41 Å². The molecule has 0 aliphatic carbocycles. The maximum absolute atomic E-state index is 3.67. The number of halogens is 1. The number of alkyl halides is 1. The van der Waals surface area contributed by atoms with Crippen LogP contribution in [0.5, 0.6) is 0 Å². The number of aryl methyl sites for hydroxylation is 2. The number of hydrogen-bond donors (Lipinski definition) is 0. The highest BCUT2D eigenvalue weighted by Crippen LogP contribution is 2.30. The largest absolute Gasteiger partial charge is 0.0922 e. The zero-order chi connectivity index (χ0) is 12.2. The fourth-order valence-electron chi connectivity index (χ4n) is 2.47. The van der Waals surface area contributed by atoms with Crippen LogP contribution in [0, 0.1) is 19.3 Å². The van der Waals surface area contributed by atoms with Gasteiger partial charge in [0.2, 0.25) is 0 Å². The van der Waals surface area contributed by atoms with Crippen molar-refractivity contribution in [1.29, 1.82) is 0 Å². The van der Waals surface area contributed by atoms with Gasteiger partial charge < -0.3 is 0 Å². The van der Waals surface area contributed by atoms with E-state index < -0.39 is 0 Å². The van der Waals surface area contributed by atoms with Crippen molar-refractivity contribution in [2.75, 3.05) is 5.33 Å². The molecule has 90 valence electrons. The third kappa shape index (κ3) is 3.93. The first kappa shape index (κ1) is 13.8. The van der Waals surface area contributed by atoms with Crippen molar-refractivity contribution >= 4 is 15.9 Å². The quantitative estimate of drug-likeness (QED) is 0.663. The summed E-state index contributed by atoms with van der Waals surface area (Å²) in [6.45, 7) is 9.01. The zero-order valence-electron chi connectivity index (χ0n) is 10.9. The molecular weight excluding hydrogens is 260 g/mol. The molecule has 0 spiro atoms. The third-order valence-corrected chi connectivity index (χ3v) is 4.44. The summed E-state index contributed by atoms with van der Waals surface area (Å²) in [5, 5.41) is 1.08. The molecule has 0 aromatic heterocycles. The lowest BCUT2D eigenvalue weighted by molar-refractivity contribution is 0.340. The molecule has 0 radical (unpaired) electrons. The summed E-state index contributed by atoms with van der Waals surface area (Å²) in [6, 6.07) is 6.89. The summed E-state index contributed by atoms with van der Waals surface area (Å²) in [5.41, 5.74) is 4.63. The van der Waals surface area contributed by atoms with E-state index in [-0.39, 0.29) is 0 Å². The van der Waals surface area contributed by atoms with E-state index in [4.69, 9.17) is 0 Å². The predicted octanol–water partition coefficient (Wildman–Crippen LogP) is 5.05. The van der Waals surface area contributed by atoms with Gasteiger partial charge in [0.25, 0.3) is 0 Å².